The molecule has 0 atom stereocenters. The predicted molar refractivity (Wildman–Crippen MR) is 72.5 cm³/mol. The third-order valence-electron chi connectivity index (χ3n) is 2.73. The Morgan fingerprint density at radius 3 is 2.88 bits per heavy atom. The number of nitrogens with zero attached hydrogens (tertiary/aromatic N) is 1. The Morgan fingerprint density at radius 2 is 2.12 bits per heavy atom. The maximum atomic E-state index is 3.48. The maximum absolute atomic E-state index is 3.48. The van der Waals surface area contributed by atoms with Crippen molar-refractivity contribution in [3.05, 3.63) is 40.4 Å². The molecule has 1 fully saturated rings. The average Bonchev–Trinajstić information content (AvgIpc) is 2.30. The van der Waals surface area contributed by atoms with E-state index in [-0.39, 0.29) is 0 Å². The summed E-state index contributed by atoms with van der Waals surface area (Å²) in [5.41, 5.74) is 1.25. The lowest BCUT2D eigenvalue weighted by atomic mass is 10.2. The molecule has 0 radical (unpaired) electrons. The van der Waals surface area contributed by atoms with E-state index < -0.39 is 0 Å². The van der Waals surface area contributed by atoms with E-state index in [9.17, 15) is 0 Å². The Bertz CT molecular complexity index is 357. The highest BCUT2D eigenvalue weighted by molar-refractivity contribution is 9.10. The zero-order valence-corrected chi connectivity index (χ0v) is 10.9. The van der Waals surface area contributed by atoms with Crippen LogP contribution in [0.5, 0.6) is 0 Å². The minimum absolute atomic E-state index is 1.05. The van der Waals surface area contributed by atoms with Gasteiger partial charge in [0.1, 0.15) is 0 Å². The van der Waals surface area contributed by atoms with Crippen molar-refractivity contribution in [3.63, 3.8) is 0 Å². The highest BCUT2D eigenvalue weighted by atomic mass is 79.9. The normalized spacial score (nSPS) is 18.1. The van der Waals surface area contributed by atoms with Crippen molar-refractivity contribution in [2.75, 3.05) is 32.7 Å². The standard InChI is InChI=1S/C13H17BrN2/c14-13-5-1-3-12(11-13)4-2-8-16-9-6-15-7-10-16/h1-5,11,15H,6-10H2/b4-2+. The topological polar surface area (TPSA) is 15.3 Å². The van der Waals surface area contributed by atoms with Crippen LogP contribution in [0.25, 0.3) is 6.08 Å². The summed E-state index contributed by atoms with van der Waals surface area (Å²) < 4.78 is 1.14. The predicted octanol–water partition coefficient (Wildman–Crippen LogP) is 2.37. The Hall–Kier alpha value is -0.640. The average molecular weight is 281 g/mol. The largest absolute Gasteiger partial charge is 0.314 e. The number of piperazine rings is 1. The molecule has 16 heavy (non-hydrogen) atoms. The van der Waals surface area contributed by atoms with Crippen molar-refractivity contribution in [1.29, 1.82) is 0 Å². The van der Waals surface area contributed by atoms with Gasteiger partial charge < -0.3 is 5.32 Å². The van der Waals surface area contributed by atoms with Crippen molar-refractivity contribution < 1.29 is 0 Å². The number of rotatable bonds is 3. The smallest absolute Gasteiger partial charge is 0.0181 e. The van der Waals surface area contributed by atoms with E-state index in [1.807, 2.05) is 6.07 Å². The van der Waals surface area contributed by atoms with Crippen LogP contribution in [0, 0.1) is 0 Å². The van der Waals surface area contributed by atoms with Crippen molar-refractivity contribution in [2.24, 2.45) is 0 Å². The fourth-order valence-corrected chi connectivity index (χ4v) is 2.26. The zero-order chi connectivity index (χ0) is 11.2. The van der Waals surface area contributed by atoms with Gasteiger partial charge in [0.15, 0.2) is 0 Å². The highest BCUT2D eigenvalue weighted by Gasteiger charge is 2.06. The summed E-state index contributed by atoms with van der Waals surface area (Å²) in [6.45, 7) is 5.59. The molecule has 1 aromatic rings. The van der Waals surface area contributed by atoms with Crippen LogP contribution in [0.3, 0.4) is 0 Å². The highest BCUT2D eigenvalue weighted by Crippen LogP contribution is 2.12. The number of halogens is 1. The molecule has 86 valence electrons. The van der Waals surface area contributed by atoms with Gasteiger partial charge in [-0.25, -0.2) is 0 Å². The molecule has 3 heteroatoms. The van der Waals surface area contributed by atoms with Crippen molar-refractivity contribution >= 4 is 22.0 Å². The van der Waals surface area contributed by atoms with Crippen LogP contribution in [0.1, 0.15) is 5.56 Å². The van der Waals surface area contributed by atoms with Gasteiger partial charge in [-0.05, 0) is 17.7 Å². The summed E-state index contributed by atoms with van der Waals surface area (Å²) in [4.78, 5) is 2.46. The third-order valence-corrected chi connectivity index (χ3v) is 3.23. The van der Waals surface area contributed by atoms with Crippen molar-refractivity contribution in [1.82, 2.24) is 10.2 Å². The molecule has 2 nitrogen and oxygen atoms in total. The summed E-state index contributed by atoms with van der Waals surface area (Å²) in [6.07, 6.45) is 4.43. The number of hydrogen-bond acceptors (Lipinski definition) is 2. The Balaban J connectivity index is 1.84. The van der Waals surface area contributed by atoms with Crippen LogP contribution in [-0.2, 0) is 0 Å². The Labute approximate surface area is 105 Å². The molecule has 1 aromatic carbocycles. The monoisotopic (exact) mass is 280 g/mol. The molecule has 0 aromatic heterocycles. The van der Waals surface area contributed by atoms with Gasteiger partial charge in [0.25, 0.3) is 0 Å². The van der Waals surface area contributed by atoms with Crippen molar-refractivity contribution in [2.45, 2.75) is 0 Å². The molecule has 1 saturated heterocycles. The van der Waals surface area contributed by atoms with E-state index in [2.05, 4.69) is 56.5 Å². The van der Waals surface area contributed by atoms with Crippen LogP contribution < -0.4 is 5.32 Å². The van der Waals surface area contributed by atoms with Gasteiger partial charge in [-0.3, -0.25) is 4.90 Å². The molecule has 1 heterocycles. The Kier molecular flexibility index (Phi) is 4.57. The van der Waals surface area contributed by atoms with Gasteiger partial charge >= 0.3 is 0 Å². The first-order chi connectivity index (χ1) is 7.84. The molecule has 1 N–H and O–H groups in total. The van der Waals surface area contributed by atoms with Crippen LogP contribution in [0.4, 0.5) is 0 Å². The first-order valence-electron chi connectivity index (χ1n) is 5.70. The lowest BCUT2D eigenvalue weighted by molar-refractivity contribution is 0.265. The molecule has 0 spiro atoms. The second kappa shape index (κ2) is 6.18. The number of nitrogens with one attached hydrogen (secondary N) is 1. The van der Waals surface area contributed by atoms with Gasteiger partial charge in [-0.15, -0.1) is 0 Å². The maximum Gasteiger partial charge on any atom is 0.0181 e. The third kappa shape index (κ3) is 3.74. The summed E-state index contributed by atoms with van der Waals surface area (Å²) in [6, 6.07) is 8.37. The Morgan fingerprint density at radius 1 is 1.31 bits per heavy atom. The van der Waals surface area contributed by atoms with Gasteiger partial charge in [0.2, 0.25) is 0 Å². The fourth-order valence-electron chi connectivity index (χ4n) is 1.84. The van der Waals surface area contributed by atoms with Gasteiger partial charge in [-0.1, -0.05) is 40.2 Å². The van der Waals surface area contributed by atoms with Gasteiger partial charge in [0.05, 0.1) is 0 Å². The lowest BCUT2D eigenvalue weighted by Gasteiger charge is -2.25. The summed E-state index contributed by atoms with van der Waals surface area (Å²) >= 11 is 3.48. The molecule has 0 saturated carbocycles. The molecule has 0 amide bonds. The van der Waals surface area contributed by atoms with E-state index in [4.69, 9.17) is 0 Å². The molecule has 1 aliphatic heterocycles. The van der Waals surface area contributed by atoms with E-state index in [1.54, 1.807) is 0 Å². The molecule has 1 aliphatic rings. The van der Waals surface area contributed by atoms with Crippen LogP contribution in [0.15, 0.2) is 34.8 Å². The second-order valence-corrected chi connectivity index (χ2v) is 4.92. The molecular formula is C13H17BrN2. The second-order valence-electron chi connectivity index (χ2n) is 4.01. The summed E-state index contributed by atoms with van der Waals surface area (Å²) in [5.74, 6) is 0. The van der Waals surface area contributed by atoms with Crippen LogP contribution in [0.2, 0.25) is 0 Å². The summed E-state index contributed by atoms with van der Waals surface area (Å²) in [5, 5.41) is 3.36. The fraction of sp³-hybridized carbons (Fsp3) is 0.385. The SMILES string of the molecule is Brc1cccc(/C=C/CN2CCNCC2)c1. The van der Waals surface area contributed by atoms with Crippen LogP contribution in [-0.4, -0.2) is 37.6 Å². The zero-order valence-electron chi connectivity index (χ0n) is 9.32. The van der Waals surface area contributed by atoms with E-state index in [0.717, 1.165) is 37.2 Å². The molecule has 2 rings (SSSR count). The summed E-state index contributed by atoms with van der Waals surface area (Å²) in [7, 11) is 0. The minimum Gasteiger partial charge on any atom is -0.314 e. The molecular weight excluding hydrogens is 264 g/mol. The van der Waals surface area contributed by atoms with E-state index in [0.29, 0.717) is 0 Å². The van der Waals surface area contributed by atoms with Crippen LogP contribution >= 0.6 is 15.9 Å². The van der Waals surface area contributed by atoms with E-state index >= 15 is 0 Å². The number of hydrogen-bond donors (Lipinski definition) is 1. The molecule has 0 unspecified atom stereocenters. The number of benzene rings is 1. The van der Waals surface area contributed by atoms with Gasteiger partial charge in [0, 0.05) is 37.2 Å². The molecule has 0 aliphatic carbocycles. The first-order valence-corrected chi connectivity index (χ1v) is 6.49. The molecule has 0 bridgehead atoms. The quantitative estimate of drug-likeness (QED) is 0.915. The minimum atomic E-state index is 1.05. The van der Waals surface area contributed by atoms with E-state index in [1.165, 1.54) is 5.56 Å². The first kappa shape index (κ1) is 11.8. The van der Waals surface area contributed by atoms with Gasteiger partial charge in [-0.2, -0.15) is 0 Å². The van der Waals surface area contributed by atoms with Crippen molar-refractivity contribution in [3.8, 4) is 0 Å². The lowest BCUT2D eigenvalue weighted by Crippen LogP contribution is -2.43.